The van der Waals surface area contributed by atoms with Gasteiger partial charge in [0.1, 0.15) is 0 Å². The van der Waals surface area contributed by atoms with E-state index in [4.69, 9.17) is 5.11 Å². The van der Waals surface area contributed by atoms with E-state index in [1.54, 1.807) is 30.3 Å². The molecule has 0 saturated carbocycles. The Morgan fingerprint density at radius 3 is 2.35 bits per heavy atom. The zero-order valence-electron chi connectivity index (χ0n) is 11.3. The number of carboxylic acid groups (broad SMARTS) is 1. The molecule has 0 aromatic heterocycles. The van der Waals surface area contributed by atoms with Gasteiger partial charge in [-0.3, -0.25) is 9.59 Å². The van der Waals surface area contributed by atoms with E-state index in [0.29, 0.717) is 18.4 Å². The van der Waals surface area contributed by atoms with Gasteiger partial charge in [-0.05, 0) is 12.0 Å². The van der Waals surface area contributed by atoms with Gasteiger partial charge < -0.3 is 15.7 Å². The molecule has 20 heavy (non-hydrogen) atoms. The van der Waals surface area contributed by atoms with Crippen molar-refractivity contribution in [3.05, 3.63) is 35.9 Å². The molecular weight excluding hydrogens is 260 g/mol. The van der Waals surface area contributed by atoms with Crippen molar-refractivity contribution >= 4 is 17.8 Å². The van der Waals surface area contributed by atoms with Gasteiger partial charge in [-0.1, -0.05) is 37.3 Å². The smallest absolute Gasteiger partial charge is 0.330 e. The van der Waals surface area contributed by atoms with Gasteiger partial charge in [-0.25, -0.2) is 4.79 Å². The molecule has 0 fully saturated rings. The Kier molecular flexibility index (Phi) is 6.22. The maximum absolute atomic E-state index is 11.7. The summed E-state index contributed by atoms with van der Waals surface area (Å²) in [6, 6.07) is 7.27. The highest BCUT2D eigenvalue weighted by Crippen LogP contribution is 2.12. The van der Waals surface area contributed by atoms with Crippen LogP contribution in [0.1, 0.15) is 31.4 Å². The number of amides is 2. The second kappa shape index (κ2) is 7.93. The Bertz CT molecular complexity index is 473. The minimum absolute atomic E-state index is 0.227. The Hall–Kier alpha value is -2.37. The van der Waals surface area contributed by atoms with Gasteiger partial charge in [-0.2, -0.15) is 0 Å². The number of hydrogen-bond acceptors (Lipinski definition) is 3. The van der Waals surface area contributed by atoms with E-state index in [0.717, 1.165) is 0 Å². The maximum atomic E-state index is 11.7. The number of nitrogens with one attached hydrogen (secondary N) is 2. The molecule has 2 amide bonds. The van der Waals surface area contributed by atoms with Crippen molar-refractivity contribution in [3.63, 3.8) is 0 Å². The van der Waals surface area contributed by atoms with E-state index in [9.17, 15) is 14.4 Å². The van der Waals surface area contributed by atoms with Crippen molar-refractivity contribution in [1.82, 2.24) is 10.6 Å². The fraction of sp³-hybridized carbons (Fsp3) is 0.357. The lowest BCUT2D eigenvalue weighted by atomic mass is 10.1. The fourth-order valence-electron chi connectivity index (χ4n) is 1.64. The molecule has 0 aliphatic rings. The second-order valence-electron chi connectivity index (χ2n) is 4.28. The van der Waals surface area contributed by atoms with Crippen LogP contribution >= 0.6 is 0 Å². The minimum atomic E-state index is -1.15. The summed E-state index contributed by atoms with van der Waals surface area (Å²) in [6.07, 6.45) is 1.03. The van der Waals surface area contributed by atoms with E-state index in [-0.39, 0.29) is 12.5 Å². The van der Waals surface area contributed by atoms with Gasteiger partial charge >= 0.3 is 5.97 Å². The average molecular weight is 278 g/mol. The normalized spacial score (nSPS) is 11.4. The van der Waals surface area contributed by atoms with Crippen LogP contribution in [0, 0.1) is 0 Å². The third kappa shape index (κ3) is 5.09. The van der Waals surface area contributed by atoms with E-state index < -0.39 is 17.9 Å². The van der Waals surface area contributed by atoms with Crippen LogP contribution in [-0.2, 0) is 14.4 Å². The summed E-state index contributed by atoms with van der Waals surface area (Å²) >= 11 is 0. The Balaban J connectivity index is 2.57. The van der Waals surface area contributed by atoms with Crippen LogP contribution in [0.15, 0.2) is 30.3 Å². The SMILES string of the molecule is CCCC(=O)NCC(=O)N[C@@H](C(=O)O)c1ccccc1. The summed E-state index contributed by atoms with van der Waals surface area (Å²) < 4.78 is 0. The quantitative estimate of drug-likeness (QED) is 0.689. The minimum Gasteiger partial charge on any atom is -0.479 e. The molecule has 0 saturated heterocycles. The predicted molar refractivity (Wildman–Crippen MR) is 72.9 cm³/mol. The molecule has 0 heterocycles. The second-order valence-corrected chi connectivity index (χ2v) is 4.28. The Morgan fingerprint density at radius 1 is 1.15 bits per heavy atom. The molecule has 0 unspecified atom stereocenters. The highest BCUT2D eigenvalue weighted by Gasteiger charge is 2.21. The number of carboxylic acids is 1. The summed E-state index contributed by atoms with van der Waals surface area (Å²) in [5, 5.41) is 13.9. The predicted octanol–water partition coefficient (Wildman–Crippen LogP) is 0.845. The first kappa shape index (κ1) is 15.7. The molecule has 1 aromatic rings. The molecule has 0 radical (unpaired) electrons. The first-order valence-corrected chi connectivity index (χ1v) is 6.38. The Morgan fingerprint density at radius 2 is 1.80 bits per heavy atom. The van der Waals surface area contributed by atoms with Crippen LogP contribution in [0.3, 0.4) is 0 Å². The van der Waals surface area contributed by atoms with Crippen molar-refractivity contribution < 1.29 is 19.5 Å². The number of rotatable bonds is 7. The standard InChI is InChI=1S/C14H18N2O4/c1-2-6-11(17)15-9-12(18)16-13(14(19)20)10-7-4-3-5-8-10/h3-5,7-8,13H,2,6,9H2,1H3,(H,15,17)(H,16,18)(H,19,20)/t13-/m1/s1. The molecule has 108 valence electrons. The summed E-state index contributed by atoms with van der Waals surface area (Å²) in [4.78, 5) is 34.1. The summed E-state index contributed by atoms with van der Waals surface area (Å²) in [5.74, 6) is -1.91. The topological polar surface area (TPSA) is 95.5 Å². The number of carbonyl (C=O) groups excluding carboxylic acids is 2. The van der Waals surface area contributed by atoms with Crippen LogP contribution < -0.4 is 10.6 Å². The number of hydrogen-bond donors (Lipinski definition) is 3. The molecule has 1 atom stereocenters. The molecule has 6 nitrogen and oxygen atoms in total. The van der Waals surface area contributed by atoms with Crippen molar-refractivity contribution in [3.8, 4) is 0 Å². The van der Waals surface area contributed by atoms with Crippen molar-refractivity contribution in [2.24, 2.45) is 0 Å². The monoisotopic (exact) mass is 278 g/mol. The van der Waals surface area contributed by atoms with Gasteiger partial charge in [0.25, 0.3) is 0 Å². The summed E-state index contributed by atoms with van der Waals surface area (Å²) in [6.45, 7) is 1.63. The molecule has 0 bridgehead atoms. The third-order valence-corrected chi connectivity index (χ3v) is 2.61. The molecule has 3 N–H and O–H groups in total. The number of aliphatic carboxylic acids is 1. The zero-order chi connectivity index (χ0) is 15.0. The highest BCUT2D eigenvalue weighted by molar-refractivity contribution is 5.88. The molecule has 0 spiro atoms. The lowest BCUT2D eigenvalue weighted by Gasteiger charge is -2.15. The fourth-order valence-corrected chi connectivity index (χ4v) is 1.64. The average Bonchev–Trinajstić information content (AvgIpc) is 2.43. The van der Waals surface area contributed by atoms with Gasteiger partial charge in [0.2, 0.25) is 11.8 Å². The van der Waals surface area contributed by atoms with Crippen LogP contribution in [0.2, 0.25) is 0 Å². The van der Waals surface area contributed by atoms with Crippen molar-refractivity contribution in [1.29, 1.82) is 0 Å². The van der Waals surface area contributed by atoms with Gasteiger partial charge in [-0.15, -0.1) is 0 Å². The van der Waals surface area contributed by atoms with Gasteiger partial charge in [0.15, 0.2) is 6.04 Å². The molecule has 0 aliphatic heterocycles. The van der Waals surface area contributed by atoms with E-state index >= 15 is 0 Å². The first-order chi connectivity index (χ1) is 9.54. The van der Waals surface area contributed by atoms with E-state index in [2.05, 4.69) is 10.6 Å². The summed E-state index contributed by atoms with van der Waals surface area (Å²) in [5.41, 5.74) is 0.480. The van der Waals surface area contributed by atoms with Gasteiger partial charge in [0, 0.05) is 6.42 Å². The van der Waals surface area contributed by atoms with E-state index in [1.165, 1.54) is 0 Å². The van der Waals surface area contributed by atoms with Gasteiger partial charge in [0.05, 0.1) is 6.54 Å². The highest BCUT2D eigenvalue weighted by atomic mass is 16.4. The zero-order valence-corrected chi connectivity index (χ0v) is 11.3. The third-order valence-electron chi connectivity index (χ3n) is 2.61. The largest absolute Gasteiger partial charge is 0.479 e. The van der Waals surface area contributed by atoms with Crippen LogP contribution in [0.25, 0.3) is 0 Å². The summed E-state index contributed by atoms with van der Waals surface area (Å²) in [7, 11) is 0. The molecule has 6 heteroatoms. The molecule has 1 rings (SSSR count). The molecule has 0 aliphatic carbocycles. The lowest BCUT2D eigenvalue weighted by molar-refractivity contribution is -0.141. The first-order valence-electron chi connectivity index (χ1n) is 6.38. The van der Waals surface area contributed by atoms with Crippen LogP contribution in [-0.4, -0.2) is 29.4 Å². The van der Waals surface area contributed by atoms with Crippen LogP contribution in [0.5, 0.6) is 0 Å². The number of carbonyl (C=O) groups is 3. The maximum Gasteiger partial charge on any atom is 0.330 e. The Labute approximate surface area is 117 Å². The van der Waals surface area contributed by atoms with Crippen LogP contribution in [0.4, 0.5) is 0 Å². The van der Waals surface area contributed by atoms with E-state index in [1.807, 2.05) is 6.92 Å². The number of benzene rings is 1. The van der Waals surface area contributed by atoms with Crippen molar-refractivity contribution in [2.45, 2.75) is 25.8 Å². The molecule has 1 aromatic carbocycles. The molecular formula is C14H18N2O4. The van der Waals surface area contributed by atoms with Crippen molar-refractivity contribution in [2.75, 3.05) is 6.54 Å². The lowest BCUT2D eigenvalue weighted by Crippen LogP contribution is -2.40.